The second-order valence-corrected chi connectivity index (χ2v) is 13.2. The first-order valence-corrected chi connectivity index (χ1v) is 14.8. The molecule has 0 bridgehead atoms. The minimum absolute atomic E-state index is 0.00390. The largest absolute Gasteiger partial charge is 0.324 e. The molecular weight excluding hydrogens is 534 g/mol. The fraction of sp³-hybridized carbons (Fsp3) is 0.385. The lowest BCUT2D eigenvalue weighted by molar-refractivity contribution is -0.120. The van der Waals surface area contributed by atoms with E-state index in [2.05, 4.69) is 49.8 Å². The molecule has 1 aliphatic heterocycles. The second kappa shape index (κ2) is 10.4. The normalized spacial score (nSPS) is 15.1. The van der Waals surface area contributed by atoms with Crippen molar-refractivity contribution in [2.24, 2.45) is 5.41 Å². The molecule has 1 saturated heterocycles. The molecule has 4 aromatic heterocycles. The summed E-state index contributed by atoms with van der Waals surface area (Å²) in [7, 11) is -3.10. The molecule has 5 heterocycles. The molecule has 210 valence electrons. The van der Waals surface area contributed by atoms with Crippen LogP contribution in [0.1, 0.15) is 30.0 Å². The Kier molecular flexibility index (Phi) is 7.14. The highest BCUT2D eigenvalue weighted by atomic mass is 32.2. The van der Waals surface area contributed by atoms with Crippen LogP contribution in [0.25, 0.3) is 16.6 Å². The molecule has 40 heavy (non-hydrogen) atoms. The van der Waals surface area contributed by atoms with Crippen molar-refractivity contribution in [3.63, 3.8) is 0 Å². The molecule has 2 N–H and O–H groups in total. The number of amides is 2. The second-order valence-electron chi connectivity index (χ2n) is 11.0. The van der Waals surface area contributed by atoms with Crippen molar-refractivity contribution in [2.75, 3.05) is 42.3 Å². The van der Waals surface area contributed by atoms with Crippen LogP contribution in [0.5, 0.6) is 0 Å². The molecule has 4 aromatic rings. The molecule has 0 radical (unpaired) electrons. The molecule has 2 amide bonds. The number of carbonyl (C=O) groups is 2. The van der Waals surface area contributed by atoms with Crippen LogP contribution in [0.2, 0.25) is 0 Å². The fourth-order valence-corrected chi connectivity index (χ4v) is 5.23. The summed E-state index contributed by atoms with van der Waals surface area (Å²) < 4.78 is 25.9. The zero-order chi connectivity index (χ0) is 28.7. The van der Waals surface area contributed by atoms with Gasteiger partial charge in [0.05, 0.1) is 53.8 Å². The van der Waals surface area contributed by atoms with Crippen molar-refractivity contribution in [2.45, 2.75) is 27.3 Å². The highest BCUT2D eigenvalue weighted by molar-refractivity contribution is 7.90. The maximum absolute atomic E-state index is 13.1. The Morgan fingerprint density at radius 3 is 2.58 bits per heavy atom. The molecule has 1 aliphatic rings. The Morgan fingerprint density at radius 1 is 1.07 bits per heavy atom. The van der Waals surface area contributed by atoms with E-state index in [-0.39, 0.29) is 29.3 Å². The minimum Gasteiger partial charge on any atom is -0.324 e. The van der Waals surface area contributed by atoms with E-state index in [0.29, 0.717) is 29.1 Å². The molecule has 0 atom stereocenters. The maximum atomic E-state index is 13.1. The first-order valence-electron chi connectivity index (χ1n) is 12.7. The van der Waals surface area contributed by atoms with Gasteiger partial charge >= 0.3 is 0 Å². The SMILES string of the molecule is Cc1ncc(NC(=O)CN2CC(C)(C)C2)cc1NC(=O)c1nnn2cc(-c3cnn(CCS(C)(=O)=O)c3)ccc12. The van der Waals surface area contributed by atoms with Gasteiger partial charge in [-0.3, -0.25) is 24.2 Å². The third-order valence-corrected chi connectivity index (χ3v) is 7.50. The first kappa shape index (κ1) is 27.4. The summed E-state index contributed by atoms with van der Waals surface area (Å²) in [6.45, 7) is 8.39. The summed E-state index contributed by atoms with van der Waals surface area (Å²) in [5, 5.41) is 18.1. The first-order chi connectivity index (χ1) is 18.8. The van der Waals surface area contributed by atoms with E-state index < -0.39 is 15.7 Å². The number of nitrogens with one attached hydrogen (secondary N) is 2. The van der Waals surface area contributed by atoms with Crippen LogP contribution < -0.4 is 10.6 Å². The van der Waals surface area contributed by atoms with E-state index in [1.165, 1.54) is 10.8 Å². The monoisotopic (exact) mass is 565 g/mol. The fourth-order valence-electron chi connectivity index (χ4n) is 4.71. The lowest BCUT2D eigenvalue weighted by Crippen LogP contribution is -2.54. The van der Waals surface area contributed by atoms with E-state index >= 15 is 0 Å². The van der Waals surface area contributed by atoms with E-state index in [1.807, 2.05) is 6.07 Å². The number of hydrogen-bond donors (Lipinski definition) is 2. The number of pyridine rings is 2. The van der Waals surface area contributed by atoms with Crippen LogP contribution in [0.4, 0.5) is 11.4 Å². The van der Waals surface area contributed by atoms with E-state index in [0.717, 1.165) is 24.2 Å². The summed E-state index contributed by atoms with van der Waals surface area (Å²) in [6.07, 6.45) is 7.86. The Hall–Kier alpha value is -4.17. The Bertz CT molecular complexity index is 1700. The number of hydrogen-bond acceptors (Lipinski definition) is 9. The van der Waals surface area contributed by atoms with E-state index in [4.69, 9.17) is 0 Å². The third-order valence-electron chi connectivity index (χ3n) is 6.57. The summed E-state index contributed by atoms with van der Waals surface area (Å²) >= 11 is 0. The van der Waals surface area contributed by atoms with Crippen molar-refractivity contribution in [1.82, 2.24) is 34.5 Å². The number of carbonyl (C=O) groups excluding carboxylic acids is 2. The van der Waals surface area contributed by atoms with Crippen LogP contribution in [0.3, 0.4) is 0 Å². The van der Waals surface area contributed by atoms with Crippen molar-refractivity contribution < 1.29 is 18.0 Å². The van der Waals surface area contributed by atoms with Crippen LogP contribution in [-0.4, -0.2) is 86.4 Å². The number of fused-ring (bicyclic) bond motifs is 1. The quantitative estimate of drug-likeness (QED) is 0.309. The van der Waals surface area contributed by atoms with Crippen LogP contribution in [0.15, 0.2) is 43.0 Å². The van der Waals surface area contributed by atoms with E-state index in [9.17, 15) is 18.0 Å². The van der Waals surface area contributed by atoms with Gasteiger partial charge in [-0.25, -0.2) is 12.9 Å². The summed E-state index contributed by atoms with van der Waals surface area (Å²) in [6, 6.07) is 5.22. The zero-order valence-electron chi connectivity index (χ0n) is 22.7. The predicted molar refractivity (Wildman–Crippen MR) is 150 cm³/mol. The molecule has 0 aliphatic carbocycles. The molecule has 14 heteroatoms. The van der Waals surface area contributed by atoms with Crippen molar-refractivity contribution in [3.05, 3.63) is 54.4 Å². The number of rotatable bonds is 9. The van der Waals surface area contributed by atoms with Crippen LogP contribution in [0, 0.1) is 12.3 Å². The number of aryl methyl sites for hydroxylation is 2. The van der Waals surface area contributed by atoms with Gasteiger partial charge in [0, 0.05) is 42.9 Å². The average Bonchev–Trinajstić information content (AvgIpc) is 3.50. The van der Waals surface area contributed by atoms with E-state index in [1.54, 1.807) is 48.5 Å². The predicted octanol–water partition coefficient (Wildman–Crippen LogP) is 1.87. The molecule has 1 fully saturated rings. The molecule has 13 nitrogen and oxygen atoms in total. The maximum Gasteiger partial charge on any atom is 0.278 e. The number of likely N-dealkylation sites (tertiary alicyclic amines) is 1. The lowest BCUT2D eigenvalue weighted by atomic mass is 9.84. The van der Waals surface area contributed by atoms with Gasteiger partial charge in [0.2, 0.25) is 5.91 Å². The van der Waals surface area contributed by atoms with Crippen molar-refractivity contribution in [1.29, 1.82) is 0 Å². The minimum atomic E-state index is -3.10. The van der Waals surface area contributed by atoms with Gasteiger partial charge in [-0.2, -0.15) is 5.10 Å². The number of anilines is 2. The van der Waals surface area contributed by atoms with Crippen LogP contribution >= 0.6 is 0 Å². The van der Waals surface area contributed by atoms with Crippen molar-refractivity contribution in [3.8, 4) is 11.1 Å². The molecule has 0 spiro atoms. The topological polar surface area (TPSA) is 156 Å². The zero-order valence-corrected chi connectivity index (χ0v) is 23.6. The summed E-state index contributed by atoms with van der Waals surface area (Å²) in [4.78, 5) is 32.0. The van der Waals surface area contributed by atoms with Gasteiger partial charge in [0.1, 0.15) is 9.84 Å². The molecule has 5 rings (SSSR count). The molecule has 0 aromatic carbocycles. The summed E-state index contributed by atoms with van der Waals surface area (Å²) in [5.74, 6) is -0.609. The Balaban J connectivity index is 1.26. The highest BCUT2D eigenvalue weighted by Crippen LogP contribution is 2.28. The standard InChI is InChI=1S/C26H31N9O4S/c1-17-21(9-20(11-27-17)29-23(36)14-33-15-26(2,3)16-33)30-25(37)24-22-6-5-18(13-35(22)32-31-24)19-10-28-34(12-19)7-8-40(4,38)39/h5-6,9-13H,7-8,14-16H2,1-4H3,(H,29,36)(H,30,37). The summed E-state index contributed by atoms with van der Waals surface area (Å²) in [5.41, 5.74) is 3.94. The highest BCUT2D eigenvalue weighted by Gasteiger charge is 2.34. The molecule has 0 unspecified atom stereocenters. The van der Waals surface area contributed by atoms with Crippen LogP contribution in [-0.2, 0) is 21.2 Å². The number of nitrogens with zero attached hydrogens (tertiary/aromatic N) is 7. The number of aromatic nitrogens is 6. The van der Waals surface area contributed by atoms with Gasteiger partial charge in [0.25, 0.3) is 5.91 Å². The molecule has 0 saturated carbocycles. The number of sulfone groups is 1. The third kappa shape index (κ3) is 6.34. The van der Waals surface area contributed by atoms with Gasteiger partial charge in [-0.05, 0) is 24.5 Å². The van der Waals surface area contributed by atoms with Gasteiger partial charge < -0.3 is 10.6 Å². The van der Waals surface area contributed by atoms with Gasteiger partial charge in [-0.1, -0.05) is 25.1 Å². The average molecular weight is 566 g/mol. The van der Waals surface area contributed by atoms with Gasteiger partial charge in [-0.15, -0.1) is 5.10 Å². The Morgan fingerprint density at radius 2 is 1.85 bits per heavy atom. The lowest BCUT2D eigenvalue weighted by Gasteiger charge is -2.45. The Labute approximate surface area is 231 Å². The van der Waals surface area contributed by atoms with Crippen molar-refractivity contribution >= 4 is 38.5 Å². The smallest absolute Gasteiger partial charge is 0.278 e. The van der Waals surface area contributed by atoms with Gasteiger partial charge in [0.15, 0.2) is 5.69 Å². The molecular formula is C26H31N9O4S.